The van der Waals surface area contributed by atoms with Gasteiger partial charge < -0.3 is 4.74 Å². The Balaban J connectivity index is 1.43. The number of thiophene rings is 1. The zero-order chi connectivity index (χ0) is 23.4. The van der Waals surface area contributed by atoms with Crippen LogP contribution in [0.3, 0.4) is 0 Å². The molecule has 0 fully saturated rings. The molecule has 0 saturated carbocycles. The van der Waals surface area contributed by atoms with Crippen LogP contribution >= 0.6 is 11.3 Å². The van der Waals surface area contributed by atoms with Crippen molar-refractivity contribution >= 4 is 33.2 Å². The minimum absolute atomic E-state index is 0.268. The minimum Gasteiger partial charge on any atom is -0.406 e. The molecule has 3 N–H and O–H groups in total. The standard InChI is InChI=1S/C19H20F3N3O5S2/c20-19(21,22)30-13-5-7-14(8-6-13)32(28,29)23-10-9-17(26)24-25-18(27)16-11-12-3-1-2-4-15(12)31-16/h5-8,11,23H,1-4,9-10H2,(H,24,26)(H,25,27). The third-order valence-corrected chi connectivity index (χ3v) is 7.26. The predicted octanol–water partition coefficient (Wildman–Crippen LogP) is 2.66. The number of rotatable bonds is 7. The number of ether oxygens (including phenoxy) is 1. The quantitative estimate of drug-likeness (QED) is 0.516. The van der Waals surface area contributed by atoms with Crippen molar-refractivity contribution in [2.45, 2.75) is 43.4 Å². The molecular weight excluding hydrogens is 471 g/mol. The van der Waals surface area contributed by atoms with Gasteiger partial charge >= 0.3 is 6.36 Å². The van der Waals surface area contributed by atoms with E-state index in [0.717, 1.165) is 55.5 Å². The molecular formula is C19H20F3N3O5S2. The van der Waals surface area contributed by atoms with E-state index in [1.165, 1.54) is 16.2 Å². The number of nitrogens with one attached hydrogen (secondary N) is 3. The average molecular weight is 492 g/mol. The van der Waals surface area contributed by atoms with Crippen LogP contribution in [0.1, 0.15) is 39.4 Å². The second-order valence-corrected chi connectivity index (χ2v) is 9.84. The van der Waals surface area contributed by atoms with Crippen molar-refractivity contribution in [3.05, 3.63) is 45.6 Å². The van der Waals surface area contributed by atoms with Gasteiger partial charge in [-0.05, 0) is 61.6 Å². The van der Waals surface area contributed by atoms with E-state index < -0.39 is 33.9 Å². The number of halogens is 3. The largest absolute Gasteiger partial charge is 0.573 e. The van der Waals surface area contributed by atoms with Crippen molar-refractivity contribution in [3.63, 3.8) is 0 Å². The van der Waals surface area contributed by atoms with Crippen LogP contribution in [-0.2, 0) is 27.7 Å². The normalized spacial score (nSPS) is 13.8. The van der Waals surface area contributed by atoms with Crippen molar-refractivity contribution in [1.29, 1.82) is 0 Å². The summed E-state index contributed by atoms with van der Waals surface area (Å²) >= 11 is 1.39. The Hall–Kier alpha value is -2.64. The number of hydrazine groups is 1. The van der Waals surface area contributed by atoms with Gasteiger partial charge in [-0.2, -0.15) is 0 Å². The molecule has 0 atom stereocenters. The van der Waals surface area contributed by atoms with Gasteiger partial charge in [-0.3, -0.25) is 20.4 Å². The highest BCUT2D eigenvalue weighted by Gasteiger charge is 2.31. The van der Waals surface area contributed by atoms with Crippen LogP contribution in [0.4, 0.5) is 13.2 Å². The summed E-state index contributed by atoms with van der Waals surface area (Å²) in [5.41, 5.74) is 5.69. The van der Waals surface area contributed by atoms with Gasteiger partial charge in [-0.15, -0.1) is 24.5 Å². The number of carbonyl (C=O) groups excluding carboxylic acids is 2. The van der Waals surface area contributed by atoms with Gasteiger partial charge in [-0.25, -0.2) is 13.1 Å². The van der Waals surface area contributed by atoms with Gasteiger partial charge in [0.05, 0.1) is 9.77 Å². The highest BCUT2D eigenvalue weighted by Crippen LogP contribution is 2.29. The number of hydrogen-bond acceptors (Lipinski definition) is 6. The van der Waals surface area contributed by atoms with Crippen molar-refractivity contribution in [3.8, 4) is 5.75 Å². The number of alkyl halides is 3. The smallest absolute Gasteiger partial charge is 0.406 e. The number of aryl methyl sites for hydroxylation is 2. The monoisotopic (exact) mass is 491 g/mol. The van der Waals surface area contributed by atoms with Crippen molar-refractivity contribution in [1.82, 2.24) is 15.6 Å². The van der Waals surface area contributed by atoms with Crippen LogP contribution in [0.25, 0.3) is 0 Å². The molecule has 0 bridgehead atoms. The maximum atomic E-state index is 12.2. The van der Waals surface area contributed by atoms with E-state index in [0.29, 0.717) is 4.88 Å². The first-order chi connectivity index (χ1) is 15.0. The van der Waals surface area contributed by atoms with Crippen LogP contribution in [0.5, 0.6) is 5.75 Å². The molecule has 8 nitrogen and oxygen atoms in total. The lowest BCUT2D eigenvalue weighted by Crippen LogP contribution is -2.42. The Morgan fingerprint density at radius 1 is 1.06 bits per heavy atom. The lowest BCUT2D eigenvalue weighted by atomic mass is 9.99. The van der Waals surface area contributed by atoms with E-state index in [-0.39, 0.29) is 17.9 Å². The molecule has 13 heteroatoms. The van der Waals surface area contributed by atoms with Gasteiger partial charge in [0.1, 0.15) is 5.75 Å². The lowest BCUT2D eigenvalue weighted by Gasteiger charge is -2.10. The number of amides is 2. The average Bonchev–Trinajstić information content (AvgIpc) is 3.15. The summed E-state index contributed by atoms with van der Waals surface area (Å²) in [4.78, 5) is 25.5. The topological polar surface area (TPSA) is 114 Å². The Labute approximate surface area is 186 Å². The molecule has 1 aliphatic rings. The number of hydrogen-bond donors (Lipinski definition) is 3. The van der Waals surface area contributed by atoms with Crippen LogP contribution < -0.4 is 20.3 Å². The van der Waals surface area contributed by atoms with E-state index in [2.05, 4.69) is 20.3 Å². The third kappa shape index (κ3) is 6.68. The molecule has 32 heavy (non-hydrogen) atoms. The first-order valence-electron chi connectivity index (χ1n) is 9.60. The van der Waals surface area contributed by atoms with Crippen LogP contribution in [-0.4, -0.2) is 33.1 Å². The van der Waals surface area contributed by atoms with E-state index in [9.17, 15) is 31.2 Å². The predicted molar refractivity (Wildman–Crippen MR) is 110 cm³/mol. The third-order valence-electron chi connectivity index (χ3n) is 4.55. The molecule has 0 spiro atoms. The second kappa shape index (κ2) is 9.88. The summed E-state index contributed by atoms with van der Waals surface area (Å²) in [6.07, 6.45) is -1.10. The molecule has 1 aromatic carbocycles. The van der Waals surface area contributed by atoms with Gasteiger partial charge in [0.2, 0.25) is 15.9 Å². The second-order valence-electron chi connectivity index (χ2n) is 6.94. The van der Waals surface area contributed by atoms with Gasteiger partial charge in [0.15, 0.2) is 0 Å². The zero-order valence-electron chi connectivity index (χ0n) is 16.6. The number of sulfonamides is 1. The molecule has 0 saturated heterocycles. The Morgan fingerprint density at radius 2 is 1.75 bits per heavy atom. The summed E-state index contributed by atoms with van der Waals surface area (Å²) in [6.45, 7) is -0.280. The van der Waals surface area contributed by atoms with E-state index in [4.69, 9.17) is 0 Å². The van der Waals surface area contributed by atoms with Crippen LogP contribution in [0.2, 0.25) is 0 Å². The molecule has 2 amide bonds. The fourth-order valence-corrected chi connectivity index (χ4v) is 5.24. The molecule has 0 radical (unpaired) electrons. The number of carbonyl (C=O) groups is 2. The zero-order valence-corrected chi connectivity index (χ0v) is 18.3. The summed E-state index contributed by atoms with van der Waals surface area (Å²) in [5.74, 6) is -1.62. The fraction of sp³-hybridized carbons (Fsp3) is 0.368. The molecule has 2 aromatic rings. The summed E-state index contributed by atoms with van der Waals surface area (Å²) < 4.78 is 66.7. The Morgan fingerprint density at radius 3 is 2.41 bits per heavy atom. The van der Waals surface area contributed by atoms with Gasteiger partial charge in [-0.1, -0.05) is 0 Å². The number of benzene rings is 1. The van der Waals surface area contributed by atoms with Crippen LogP contribution in [0, 0.1) is 0 Å². The summed E-state index contributed by atoms with van der Waals surface area (Å²) in [5, 5.41) is 0. The van der Waals surface area contributed by atoms with Crippen molar-refractivity contribution in [2.75, 3.05) is 6.54 Å². The molecule has 0 unspecified atom stereocenters. The fourth-order valence-electron chi connectivity index (χ4n) is 3.06. The molecule has 1 aromatic heterocycles. The van der Waals surface area contributed by atoms with E-state index >= 15 is 0 Å². The molecule has 174 valence electrons. The summed E-state index contributed by atoms with van der Waals surface area (Å²) in [6, 6.07) is 5.45. The lowest BCUT2D eigenvalue weighted by molar-refractivity contribution is -0.274. The first kappa shape index (κ1) is 24.0. The molecule has 3 rings (SSSR count). The first-order valence-corrected chi connectivity index (χ1v) is 11.9. The summed E-state index contributed by atoms with van der Waals surface area (Å²) in [7, 11) is -4.05. The molecule has 0 aliphatic heterocycles. The van der Waals surface area contributed by atoms with Crippen molar-refractivity contribution < 1.29 is 35.9 Å². The Bertz CT molecular complexity index is 1060. The van der Waals surface area contributed by atoms with Crippen LogP contribution in [0.15, 0.2) is 35.2 Å². The van der Waals surface area contributed by atoms with Crippen molar-refractivity contribution in [2.24, 2.45) is 0 Å². The maximum absolute atomic E-state index is 12.2. The minimum atomic E-state index is -4.88. The van der Waals surface area contributed by atoms with Gasteiger partial charge in [0, 0.05) is 17.8 Å². The Kier molecular flexibility index (Phi) is 7.41. The van der Waals surface area contributed by atoms with Gasteiger partial charge in [0.25, 0.3) is 5.91 Å². The maximum Gasteiger partial charge on any atom is 0.573 e. The number of fused-ring (bicyclic) bond motifs is 1. The van der Waals surface area contributed by atoms with E-state index in [1.807, 2.05) is 6.07 Å². The SMILES string of the molecule is O=C(CCNS(=O)(=O)c1ccc(OC(F)(F)F)cc1)NNC(=O)c1cc2c(s1)CCCC2. The highest BCUT2D eigenvalue weighted by atomic mass is 32.2. The van der Waals surface area contributed by atoms with E-state index in [1.54, 1.807) is 0 Å². The highest BCUT2D eigenvalue weighted by molar-refractivity contribution is 7.89. The molecule has 1 aliphatic carbocycles. The molecule has 1 heterocycles.